The molecule has 3 rings (SSSR count). The third kappa shape index (κ3) is 4.83. The molecule has 0 aliphatic carbocycles. The molecule has 1 fully saturated rings. The Morgan fingerprint density at radius 1 is 1.10 bits per heavy atom. The number of nitrogens with zero attached hydrogens (tertiary/aromatic N) is 1. The predicted octanol–water partition coefficient (Wildman–Crippen LogP) is 2.98. The Labute approximate surface area is 178 Å². The number of methoxy groups -OCH3 is 1. The molecule has 1 aliphatic rings. The van der Waals surface area contributed by atoms with Crippen LogP contribution in [0.4, 0.5) is 0 Å². The molecule has 0 radical (unpaired) electrons. The van der Waals surface area contributed by atoms with Crippen LogP contribution >= 0.6 is 0 Å². The largest absolute Gasteiger partial charge is 0.496 e. The highest BCUT2D eigenvalue weighted by molar-refractivity contribution is 7.89. The first-order valence-corrected chi connectivity index (χ1v) is 11.4. The maximum atomic E-state index is 12.9. The Morgan fingerprint density at radius 3 is 2.30 bits per heavy atom. The lowest BCUT2D eigenvalue weighted by molar-refractivity contribution is -0.0440. The van der Waals surface area contributed by atoms with Crippen molar-refractivity contribution in [3.8, 4) is 5.75 Å². The second-order valence-corrected chi connectivity index (χ2v) is 9.48. The van der Waals surface area contributed by atoms with Gasteiger partial charge in [0.1, 0.15) is 5.75 Å². The van der Waals surface area contributed by atoms with E-state index < -0.39 is 10.0 Å². The topological polar surface area (TPSA) is 84.9 Å². The van der Waals surface area contributed by atoms with Crippen LogP contribution in [0, 0.1) is 0 Å². The van der Waals surface area contributed by atoms with Crippen LogP contribution in [0.2, 0.25) is 0 Å². The number of amides is 1. The quantitative estimate of drug-likeness (QED) is 0.759. The fraction of sp³-hybridized carbons (Fsp3) is 0.409. The number of ether oxygens (including phenoxy) is 2. The van der Waals surface area contributed by atoms with Crippen LogP contribution in [0.15, 0.2) is 53.4 Å². The highest BCUT2D eigenvalue weighted by atomic mass is 32.2. The molecule has 1 heterocycles. The summed E-state index contributed by atoms with van der Waals surface area (Å²) in [6.07, 6.45) is -0.324. The molecular weight excluding hydrogens is 404 g/mol. The Morgan fingerprint density at radius 2 is 1.70 bits per heavy atom. The monoisotopic (exact) mass is 432 g/mol. The molecule has 3 atom stereocenters. The van der Waals surface area contributed by atoms with Crippen LogP contribution in [0.3, 0.4) is 0 Å². The Kier molecular flexibility index (Phi) is 6.80. The molecule has 0 bridgehead atoms. The SMILES string of the molecule is COc1ccccc1[C@H](C)NC(=O)c1ccc(S(=O)(=O)N2C[C@@H](C)O[C@H](C)C2)cc1. The summed E-state index contributed by atoms with van der Waals surface area (Å²) in [6, 6.07) is 13.2. The van der Waals surface area contributed by atoms with E-state index in [1.807, 2.05) is 45.0 Å². The summed E-state index contributed by atoms with van der Waals surface area (Å²) < 4.78 is 38.3. The number of benzene rings is 2. The van der Waals surface area contributed by atoms with Gasteiger partial charge in [-0.15, -0.1) is 0 Å². The fourth-order valence-corrected chi connectivity index (χ4v) is 5.23. The lowest BCUT2D eigenvalue weighted by Gasteiger charge is -2.34. The minimum atomic E-state index is -3.64. The third-order valence-corrected chi connectivity index (χ3v) is 6.94. The molecule has 1 amide bonds. The van der Waals surface area contributed by atoms with E-state index in [0.29, 0.717) is 24.4 Å². The molecule has 0 saturated carbocycles. The molecule has 1 N–H and O–H groups in total. The van der Waals surface area contributed by atoms with Gasteiger partial charge in [0.15, 0.2) is 0 Å². The summed E-state index contributed by atoms with van der Waals surface area (Å²) in [5.41, 5.74) is 1.25. The van der Waals surface area contributed by atoms with Gasteiger partial charge in [-0.3, -0.25) is 4.79 Å². The smallest absolute Gasteiger partial charge is 0.251 e. The number of carbonyl (C=O) groups excluding carboxylic acids is 1. The highest BCUT2D eigenvalue weighted by Gasteiger charge is 2.32. The van der Waals surface area contributed by atoms with Crippen molar-refractivity contribution in [1.82, 2.24) is 9.62 Å². The predicted molar refractivity (Wildman–Crippen MR) is 114 cm³/mol. The Hall–Kier alpha value is -2.42. The van der Waals surface area contributed by atoms with Crippen molar-refractivity contribution in [3.63, 3.8) is 0 Å². The van der Waals surface area contributed by atoms with E-state index in [-0.39, 0.29) is 29.1 Å². The molecule has 0 aromatic heterocycles. The van der Waals surface area contributed by atoms with Gasteiger partial charge < -0.3 is 14.8 Å². The zero-order valence-electron chi connectivity index (χ0n) is 17.7. The summed E-state index contributed by atoms with van der Waals surface area (Å²) in [7, 11) is -2.05. The van der Waals surface area contributed by atoms with E-state index in [1.54, 1.807) is 7.11 Å². The number of hydrogen-bond donors (Lipinski definition) is 1. The Balaban J connectivity index is 1.72. The van der Waals surface area contributed by atoms with Gasteiger partial charge in [-0.2, -0.15) is 4.31 Å². The number of morpholine rings is 1. The second-order valence-electron chi connectivity index (χ2n) is 7.54. The minimum absolute atomic E-state index is 0.162. The van der Waals surface area contributed by atoms with Gasteiger partial charge in [0.2, 0.25) is 10.0 Å². The first-order chi connectivity index (χ1) is 14.2. The summed E-state index contributed by atoms with van der Waals surface area (Å²) in [5, 5.41) is 2.93. The van der Waals surface area contributed by atoms with Crippen molar-refractivity contribution < 1.29 is 22.7 Å². The van der Waals surface area contributed by atoms with E-state index >= 15 is 0 Å². The molecular formula is C22H28N2O5S. The summed E-state index contributed by atoms with van der Waals surface area (Å²) >= 11 is 0. The van der Waals surface area contributed by atoms with Crippen LogP contribution in [-0.2, 0) is 14.8 Å². The lowest BCUT2D eigenvalue weighted by Crippen LogP contribution is -2.48. The van der Waals surface area contributed by atoms with Crippen LogP contribution in [0.25, 0.3) is 0 Å². The summed E-state index contributed by atoms with van der Waals surface area (Å²) in [5.74, 6) is 0.409. The van der Waals surface area contributed by atoms with E-state index in [2.05, 4.69) is 5.32 Å². The number of rotatable bonds is 6. The van der Waals surface area contributed by atoms with Crippen molar-refractivity contribution in [1.29, 1.82) is 0 Å². The molecule has 2 aromatic rings. The van der Waals surface area contributed by atoms with E-state index in [1.165, 1.54) is 28.6 Å². The third-order valence-electron chi connectivity index (χ3n) is 5.09. The standard InChI is InChI=1S/C22H28N2O5S/c1-15-13-24(14-16(2)29-15)30(26,27)19-11-9-18(10-12-19)22(25)23-17(3)20-7-5-6-8-21(20)28-4/h5-12,15-17H,13-14H2,1-4H3,(H,23,25)/t15-,16-,17+/m1/s1. The molecule has 0 spiro atoms. The number of carbonyl (C=O) groups is 1. The number of sulfonamides is 1. The van der Waals surface area contributed by atoms with Crippen LogP contribution in [-0.4, -0.2) is 51.0 Å². The van der Waals surface area contributed by atoms with Crippen LogP contribution in [0.1, 0.15) is 42.7 Å². The van der Waals surface area contributed by atoms with E-state index in [4.69, 9.17) is 9.47 Å². The molecule has 7 nitrogen and oxygen atoms in total. The van der Waals surface area contributed by atoms with E-state index in [0.717, 1.165) is 5.56 Å². The van der Waals surface area contributed by atoms with Gasteiger partial charge in [0.25, 0.3) is 5.91 Å². The lowest BCUT2D eigenvalue weighted by atomic mass is 10.1. The Bertz CT molecular complexity index is 981. The second kappa shape index (κ2) is 9.16. The highest BCUT2D eigenvalue weighted by Crippen LogP contribution is 2.25. The number of nitrogens with one attached hydrogen (secondary N) is 1. The average molecular weight is 433 g/mol. The van der Waals surface area contributed by atoms with Crippen molar-refractivity contribution in [2.45, 2.75) is 43.9 Å². The molecule has 30 heavy (non-hydrogen) atoms. The number of hydrogen-bond acceptors (Lipinski definition) is 5. The number of para-hydroxylation sites is 1. The van der Waals surface area contributed by atoms with Gasteiger partial charge in [0.05, 0.1) is 30.3 Å². The van der Waals surface area contributed by atoms with Gasteiger partial charge in [-0.1, -0.05) is 18.2 Å². The maximum Gasteiger partial charge on any atom is 0.251 e. The van der Waals surface area contributed by atoms with Gasteiger partial charge in [0, 0.05) is 24.2 Å². The first-order valence-electron chi connectivity index (χ1n) is 9.92. The molecule has 0 unspecified atom stereocenters. The van der Waals surface area contributed by atoms with Crippen molar-refractivity contribution >= 4 is 15.9 Å². The minimum Gasteiger partial charge on any atom is -0.496 e. The zero-order valence-corrected chi connectivity index (χ0v) is 18.5. The van der Waals surface area contributed by atoms with E-state index in [9.17, 15) is 13.2 Å². The molecule has 1 aliphatic heterocycles. The molecule has 8 heteroatoms. The maximum absolute atomic E-state index is 12.9. The average Bonchev–Trinajstić information content (AvgIpc) is 2.73. The molecule has 2 aromatic carbocycles. The van der Waals surface area contributed by atoms with Crippen molar-refractivity contribution in [2.24, 2.45) is 0 Å². The van der Waals surface area contributed by atoms with Crippen LogP contribution < -0.4 is 10.1 Å². The summed E-state index contributed by atoms with van der Waals surface area (Å²) in [4.78, 5) is 12.8. The van der Waals surface area contributed by atoms with Crippen LogP contribution in [0.5, 0.6) is 5.75 Å². The fourth-order valence-electron chi connectivity index (χ4n) is 3.64. The van der Waals surface area contributed by atoms with Gasteiger partial charge in [-0.25, -0.2) is 8.42 Å². The van der Waals surface area contributed by atoms with Gasteiger partial charge >= 0.3 is 0 Å². The molecule has 1 saturated heterocycles. The zero-order chi connectivity index (χ0) is 21.9. The normalized spacial score (nSPS) is 21.1. The van der Waals surface area contributed by atoms with Crippen molar-refractivity contribution in [3.05, 3.63) is 59.7 Å². The van der Waals surface area contributed by atoms with Crippen molar-refractivity contribution in [2.75, 3.05) is 20.2 Å². The summed E-state index contributed by atoms with van der Waals surface area (Å²) in [6.45, 7) is 6.20. The molecule has 162 valence electrons. The first kappa shape index (κ1) is 22.3. The van der Waals surface area contributed by atoms with Gasteiger partial charge in [-0.05, 0) is 51.1 Å².